The second-order valence-corrected chi connectivity index (χ2v) is 8.97. The van der Waals surface area contributed by atoms with Gasteiger partial charge in [0.15, 0.2) is 5.96 Å². The fourth-order valence-electron chi connectivity index (χ4n) is 3.86. The lowest BCUT2D eigenvalue weighted by atomic mass is 10.1. The third kappa shape index (κ3) is 5.68. The predicted octanol–water partition coefficient (Wildman–Crippen LogP) is 2.55. The number of rotatable bonds is 5. The van der Waals surface area contributed by atoms with Crippen LogP contribution in [0.3, 0.4) is 0 Å². The van der Waals surface area contributed by atoms with E-state index in [-0.39, 0.29) is 18.0 Å². The molecule has 1 N–H and O–H groups in total. The van der Waals surface area contributed by atoms with Crippen LogP contribution < -0.4 is 5.32 Å². The second-order valence-electron chi connectivity index (χ2n) is 8.97. The summed E-state index contributed by atoms with van der Waals surface area (Å²) in [6, 6.07) is 7.92. The molecule has 2 amide bonds. The van der Waals surface area contributed by atoms with Crippen molar-refractivity contribution in [3.05, 3.63) is 35.4 Å². The number of fused-ring (bicyclic) bond motifs is 1. The summed E-state index contributed by atoms with van der Waals surface area (Å²) >= 11 is 0. The van der Waals surface area contributed by atoms with Crippen LogP contribution >= 0.6 is 0 Å². The minimum Gasteiger partial charge on any atom is -0.444 e. The zero-order valence-corrected chi connectivity index (χ0v) is 19.4. The van der Waals surface area contributed by atoms with Crippen molar-refractivity contribution >= 4 is 18.0 Å². The fraction of sp³-hybridized carbons (Fsp3) is 0.609. The molecule has 0 bridgehead atoms. The molecule has 1 unspecified atom stereocenters. The number of nitrogens with one attached hydrogen (secondary N) is 1. The molecule has 1 atom stereocenters. The van der Waals surface area contributed by atoms with Gasteiger partial charge in [0, 0.05) is 44.8 Å². The molecule has 1 aromatic rings. The van der Waals surface area contributed by atoms with Gasteiger partial charge in [0.25, 0.3) is 5.91 Å². The molecule has 2 heterocycles. The van der Waals surface area contributed by atoms with E-state index in [1.54, 1.807) is 4.90 Å². The van der Waals surface area contributed by atoms with Crippen molar-refractivity contribution in [2.45, 2.75) is 52.8 Å². The van der Waals surface area contributed by atoms with Crippen molar-refractivity contribution in [1.29, 1.82) is 0 Å². The average molecular weight is 430 g/mol. The number of carbonyl (C=O) groups is 2. The highest BCUT2D eigenvalue weighted by Gasteiger charge is 2.36. The minimum absolute atomic E-state index is 0.0652. The van der Waals surface area contributed by atoms with E-state index in [2.05, 4.69) is 15.2 Å². The Morgan fingerprint density at radius 1 is 1.16 bits per heavy atom. The highest BCUT2D eigenvalue weighted by atomic mass is 16.6. The maximum absolute atomic E-state index is 12.4. The first-order chi connectivity index (χ1) is 14.7. The molecular formula is C23H35N5O3. The van der Waals surface area contributed by atoms with Crippen molar-refractivity contribution in [2.75, 3.05) is 39.3 Å². The number of nitrogens with zero attached hydrogens (tertiary/aromatic N) is 4. The fourth-order valence-corrected chi connectivity index (χ4v) is 3.86. The number of hydrogen-bond acceptors (Lipinski definition) is 6. The van der Waals surface area contributed by atoms with Crippen LogP contribution in [-0.4, -0.2) is 83.6 Å². The topological polar surface area (TPSA) is 77.5 Å². The van der Waals surface area contributed by atoms with Gasteiger partial charge >= 0.3 is 6.09 Å². The van der Waals surface area contributed by atoms with Crippen molar-refractivity contribution < 1.29 is 14.3 Å². The number of guanidine groups is 1. The number of hydrogen-bond donors (Lipinski definition) is 1. The largest absolute Gasteiger partial charge is 0.444 e. The zero-order valence-electron chi connectivity index (χ0n) is 19.4. The molecule has 1 fully saturated rings. The average Bonchev–Trinajstić information content (AvgIpc) is 3.14. The Morgan fingerprint density at radius 2 is 1.84 bits per heavy atom. The minimum atomic E-state index is -0.487. The van der Waals surface area contributed by atoms with E-state index in [1.165, 1.54) is 0 Å². The summed E-state index contributed by atoms with van der Waals surface area (Å²) in [4.78, 5) is 35.3. The van der Waals surface area contributed by atoms with E-state index in [0.29, 0.717) is 44.8 Å². The van der Waals surface area contributed by atoms with E-state index < -0.39 is 5.60 Å². The van der Waals surface area contributed by atoms with Crippen LogP contribution in [0, 0.1) is 0 Å². The molecule has 8 heteroatoms. The first kappa shape index (κ1) is 22.9. The number of aliphatic imine (C=N–C) groups is 1. The predicted molar refractivity (Wildman–Crippen MR) is 121 cm³/mol. The zero-order chi connectivity index (χ0) is 22.6. The molecule has 170 valence electrons. The normalized spacial score (nSPS) is 18.4. The van der Waals surface area contributed by atoms with Crippen LogP contribution in [-0.2, 0) is 11.3 Å². The number of amides is 2. The Kier molecular flexibility index (Phi) is 7.08. The van der Waals surface area contributed by atoms with E-state index >= 15 is 0 Å². The van der Waals surface area contributed by atoms with Gasteiger partial charge in [-0.3, -0.25) is 9.79 Å². The standard InChI is InChI=1S/C23H35N5O3/c1-6-26(7-2)20(29)18-10-8-17(9-11-18)14-24-21-25-15-19-16-27(12-13-28(19)21)22(30)31-23(3,4)5/h8-11,19H,6-7,12-16H2,1-5H3,(H,24,25). The third-order valence-electron chi connectivity index (χ3n) is 5.56. The summed E-state index contributed by atoms with van der Waals surface area (Å²) in [5.41, 5.74) is 1.32. The summed E-state index contributed by atoms with van der Waals surface area (Å²) in [6.07, 6.45) is -0.257. The Hall–Kier alpha value is -2.77. The maximum Gasteiger partial charge on any atom is 0.410 e. The van der Waals surface area contributed by atoms with Crippen molar-refractivity contribution in [1.82, 2.24) is 20.0 Å². The molecule has 0 aliphatic carbocycles. The number of ether oxygens (including phenoxy) is 1. The van der Waals surface area contributed by atoms with E-state index in [0.717, 1.165) is 18.1 Å². The van der Waals surface area contributed by atoms with Gasteiger partial charge < -0.3 is 24.8 Å². The number of carbonyl (C=O) groups excluding carboxylic acids is 2. The Morgan fingerprint density at radius 3 is 2.45 bits per heavy atom. The molecule has 0 spiro atoms. The monoisotopic (exact) mass is 429 g/mol. The number of benzene rings is 1. The van der Waals surface area contributed by atoms with Crippen molar-refractivity contribution in [3.63, 3.8) is 0 Å². The molecule has 0 saturated carbocycles. The smallest absolute Gasteiger partial charge is 0.410 e. The van der Waals surface area contributed by atoms with Gasteiger partial charge in [-0.05, 0) is 52.3 Å². The summed E-state index contributed by atoms with van der Waals surface area (Å²) in [5.74, 6) is 0.938. The maximum atomic E-state index is 12.4. The van der Waals surface area contributed by atoms with Crippen molar-refractivity contribution in [2.24, 2.45) is 4.99 Å². The Labute approximate surface area is 185 Å². The van der Waals surface area contributed by atoms with Gasteiger partial charge in [-0.25, -0.2) is 4.79 Å². The lowest BCUT2D eigenvalue weighted by Crippen LogP contribution is -2.57. The van der Waals surface area contributed by atoms with Crippen LogP contribution in [0.2, 0.25) is 0 Å². The first-order valence-corrected chi connectivity index (χ1v) is 11.1. The number of piperazine rings is 1. The summed E-state index contributed by atoms with van der Waals surface area (Å²) in [7, 11) is 0. The molecule has 1 aromatic carbocycles. The summed E-state index contributed by atoms with van der Waals surface area (Å²) < 4.78 is 5.50. The Bertz CT molecular complexity index is 811. The van der Waals surface area contributed by atoms with Crippen LogP contribution in [0.25, 0.3) is 0 Å². The van der Waals surface area contributed by atoms with E-state index in [4.69, 9.17) is 4.74 Å². The van der Waals surface area contributed by atoms with Gasteiger partial charge in [-0.1, -0.05) is 12.1 Å². The summed E-state index contributed by atoms with van der Waals surface area (Å²) in [5, 5.41) is 3.42. The third-order valence-corrected chi connectivity index (χ3v) is 5.56. The van der Waals surface area contributed by atoms with Crippen LogP contribution in [0.1, 0.15) is 50.5 Å². The molecule has 3 rings (SSSR count). The molecule has 31 heavy (non-hydrogen) atoms. The second kappa shape index (κ2) is 9.58. The van der Waals surface area contributed by atoms with Crippen LogP contribution in [0.5, 0.6) is 0 Å². The highest BCUT2D eigenvalue weighted by molar-refractivity contribution is 5.94. The molecule has 8 nitrogen and oxygen atoms in total. The van der Waals surface area contributed by atoms with Gasteiger partial charge in [0.1, 0.15) is 5.60 Å². The molecule has 2 aliphatic rings. The van der Waals surface area contributed by atoms with Gasteiger partial charge in [-0.15, -0.1) is 0 Å². The molecular weight excluding hydrogens is 394 g/mol. The lowest BCUT2D eigenvalue weighted by Gasteiger charge is -2.39. The molecule has 0 aromatic heterocycles. The van der Waals surface area contributed by atoms with Crippen LogP contribution in [0.15, 0.2) is 29.3 Å². The van der Waals surface area contributed by atoms with E-state index in [9.17, 15) is 9.59 Å². The first-order valence-electron chi connectivity index (χ1n) is 11.1. The molecule has 2 aliphatic heterocycles. The van der Waals surface area contributed by atoms with Gasteiger partial charge in [0.2, 0.25) is 0 Å². The van der Waals surface area contributed by atoms with Gasteiger partial charge in [0.05, 0.1) is 12.6 Å². The lowest BCUT2D eigenvalue weighted by molar-refractivity contribution is 0.0137. The quantitative estimate of drug-likeness (QED) is 0.778. The van der Waals surface area contributed by atoms with Crippen molar-refractivity contribution in [3.8, 4) is 0 Å². The van der Waals surface area contributed by atoms with E-state index in [1.807, 2.05) is 63.8 Å². The van der Waals surface area contributed by atoms with Crippen LogP contribution in [0.4, 0.5) is 4.79 Å². The molecule has 0 radical (unpaired) electrons. The Balaban J connectivity index is 1.51. The highest BCUT2D eigenvalue weighted by Crippen LogP contribution is 2.19. The van der Waals surface area contributed by atoms with Gasteiger partial charge in [-0.2, -0.15) is 0 Å². The summed E-state index contributed by atoms with van der Waals surface area (Å²) in [6.45, 7) is 14.3. The SMILES string of the molecule is CCN(CC)C(=O)c1ccc(CNC2=NCC3CN(C(=O)OC(C)(C)C)CCN23)cc1. The molecule has 1 saturated heterocycles.